The predicted molar refractivity (Wildman–Crippen MR) is 81.4 cm³/mol. The predicted octanol–water partition coefficient (Wildman–Crippen LogP) is 2.83. The van der Waals surface area contributed by atoms with E-state index in [1.807, 2.05) is 28.8 Å². The van der Waals surface area contributed by atoms with Crippen molar-refractivity contribution in [2.45, 2.75) is 0 Å². The van der Waals surface area contributed by atoms with Crippen molar-refractivity contribution in [3.8, 4) is 5.75 Å². The molecule has 0 aliphatic carbocycles. The highest BCUT2D eigenvalue weighted by molar-refractivity contribution is 9.10. The minimum absolute atomic E-state index is 0.417. The van der Waals surface area contributed by atoms with Crippen LogP contribution < -0.4 is 15.8 Å². The smallest absolute Gasteiger partial charge is 0.180 e. The number of ether oxygens (including phenoxy) is 1. The summed E-state index contributed by atoms with van der Waals surface area (Å²) in [7, 11) is 1.62. The van der Waals surface area contributed by atoms with E-state index in [0.717, 1.165) is 15.9 Å². The molecular weight excluding hydrogens is 322 g/mol. The summed E-state index contributed by atoms with van der Waals surface area (Å²) in [6.45, 7) is 0. The summed E-state index contributed by atoms with van der Waals surface area (Å²) in [6, 6.07) is 5.67. The van der Waals surface area contributed by atoms with E-state index >= 15 is 0 Å². The summed E-state index contributed by atoms with van der Waals surface area (Å²) in [4.78, 5) is 8.54. The molecule has 3 aromatic rings. The van der Waals surface area contributed by atoms with E-state index in [-0.39, 0.29) is 0 Å². The third-order valence-electron chi connectivity index (χ3n) is 2.76. The Morgan fingerprint density at radius 2 is 2.20 bits per heavy atom. The van der Waals surface area contributed by atoms with Crippen LogP contribution in [0.25, 0.3) is 5.65 Å². The average Bonchev–Trinajstić information content (AvgIpc) is 2.86. The molecule has 2 aromatic heterocycles. The molecule has 3 N–H and O–H groups in total. The van der Waals surface area contributed by atoms with Gasteiger partial charge in [-0.15, -0.1) is 0 Å². The van der Waals surface area contributed by atoms with Crippen LogP contribution in [0.2, 0.25) is 0 Å². The molecule has 0 bridgehead atoms. The van der Waals surface area contributed by atoms with Crippen molar-refractivity contribution in [2.75, 3.05) is 18.2 Å². The van der Waals surface area contributed by atoms with Gasteiger partial charge in [0.1, 0.15) is 11.6 Å². The fourth-order valence-electron chi connectivity index (χ4n) is 1.92. The van der Waals surface area contributed by atoms with Crippen molar-refractivity contribution in [3.63, 3.8) is 0 Å². The summed E-state index contributed by atoms with van der Waals surface area (Å²) in [6.07, 6.45) is 5.23. The third-order valence-corrected chi connectivity index (χ3v) is 3.22. The number of rotatable bonds is 3. The summed E-state index contributed by atoms with van der Waals surface area (Å²) in [5, 5.41) is 3.20. The highest BCUT2D eigenvalue weighted by Crippen LogP contribution is 2.27. The molecule has 0 saturated carbocycles. The number of hydrogen-bond donors (Lipinski definition) is 2. The number of anilines is 3. The van der Waals surface area contributed by atoms with Gasteiger partial charge in [-0.25, -0.2) is 9.97 Å². The van der Waals surface area contributed by atoms with Crippen LogP contribution in [0, 0.1) is 0 Å². The molecule has 0 unspecified atom stereocenters. The maximum Gasteiger partial charge on any atom is 0.180 e. The number of aromatic nitrogens is 3. The van der Waals surface area contributed by atoms with Gasteiger partial charge in [-0.3, -0.25) is 0 Å². The zero-order valence-corrected chi connectivity index (χ0v) is 12.3. The molecule has 7 heteroatoms. The molecule has 0 atom stereocenters. The van der Waals surface area contributed by atoms with Gasteiger partial charge in [-0.1, -0.05) is 15.9 Å². The number of nitrogens with two attached hydrogens (primary N) is 1. The summed E-state index contributed by atoms with van der Waals surface area (Å²) in [5.41, 5.74) is 7.33. The summed E-state index contributed by atoms with van der Waals surface area (Å²) in [5.74, 6) is 1.75. The number of nitrogens with one attached hydrogen (secondary N) is 1. The normalized spacial score (nSPS) is 10.7. The second-order valence-electron chi connectivity index (χ2n) is 4.18. The van der Waals surface area contributed by atoms with Crippen molar-refractivity contribution in [1.82, 2.24) is 14.4 Å². The molecule has 0 spiro atoms. The molecule has 1 aromatic carbocycles. The quantitative estimate of drug-likeness (QED) is 0.770. The monoisotopic (exact) mass is 333 g/mol. The van der Waals surface area contributed by atoms with Crippen LogP contribution in [-0.2, 0) is 0 Å². The van der Waals surface area contributed by atoms with Gasteiger partial charge >= 0.3 is 0 Å². The van der Waals surface area contributed by atoms with Crippen molar-refractivity contribution in [2.24, 2.45) is 0 Å². The van der Waals surface area contributed by atoms with Gasteiger partial charge in [-0.05, 0) is 12.1 Å². The molecule has 2 heterocycles. The molecule has 3 rings (SSSR count). The second-order valence-corrected chi connectivity index (χ2v) is 5.09. The number of fused-ring (bicyclic) bond motifs is 1. The molecule has 0 amide bonds. The molecule has 0 fully saturated rings. The number of imidazole rings is 1. The minimum atomic E-state index is 0.417. The van der Waals surface area contributed by atoms with Crippen molar-refractivity contribution in [1.29, 1.82) is 0 Å². The fraction of sp³-hybridized carbons (Fsp3) is 0.0769. The lowest BCUT2D eigenvalue weighted by Crippen LogP contribution is -2.02. The number of methoxy groups -OCH3 is 1. The van der Waals surface area contributed by atoms with Crippen LogP contribution in [0.1, 0.15) is 0 Å². The van der Waals surface area contributed by atoms with Crippen LogP contribution in [0.4, 0.5) is 17.3 Å². The highest BCUT2D eigenvalue weighted by Gasteiger charge is 2.08. The van der Waals surface area contributed by atoms with Crippen LogP contribution in [-0.4, -0.2) is 21.5 Å². The SMILES string of the molecule is COc1cc(Br)cc(Nc2nc(N)cn3ccnc23)c1. The number of nitrogen functional groups attached to an aromatic ring is 1. The van der Waals surface area contributed by atoms with Crippen molar-refractivity contribution < 1.29 is 4.74 Å². The maximum atomic E-state index is 5.79. The number of benzene rings is 1. The first-order valence-electron chi connectivity index (χ1n) is 5.86. The topological polar surface area (TPSA) is 77.5 Å². The van der Waals surface area contributed by atoms with E-state index in [0.29, 0.717) is 17.3 Å². The van der Waals surface area contributed by atoms with E-state index in [4.69, 9.17) is 10.5 Å². The largest absolute Gasteiger partial charge is 0.497 e. The summed E-state index contributed by atoms with van der Waals surface area (Å²) >= 11 is 3.44. The molecule has 0 aliphatic heterocycles. The van der Waals surface area contributed by atoms with Crippen LogP contribution in [0.5, 0.6) is 5.75 Å². The lowest BCUT2D eigenvalue weighted by molar-refractivity contribution is 0.415. The Balaban J connectivity index is 2.04. The lowest BCUT2D eigenvalue weighted by atomic mass is 10.3. The molecule has 102 valence electrons. The Hall–Kier alpha value is -2.28. The third kappa shape index (κ3) is 2.39. The van der Waals surface area contributed by atoms with Gasteiger partial charge in [0.15, 0.2) is 11.5 Å². The first-order chi connectivity index (χ1) is 9.65. The molecule has 6 nitrogen and oxygen atoms in total. The zero-order valence-electron chi connectivity index (χ0n) is 10.7. The molecule has 0 radical (unpaired) electrons. The van der Waals surface area contributed by atoms with Gasteiger partial charge in [0.25, 0.3) is 0 Å². The van der Waals surface area contributed by atoms with Crippen LogP contribution in [0.15, 0.2) is 41.3 Å². The maximum absolute atomic E-state index is 5.79. The molecular formula is C13H12BrN5O. The Morgan fingerprint density at radius 3 is 3.00 bits per heavy atom. The van der Waals surface area contributed by atoms with Crippen LogP contribution >= 0.6 is 15.9 Å². The van der Waals surface area contributed by atoms with Crippen LogP contribution in [0.3, 0.4) is 0 Å². The standard InChI is InChI=1S/C13H12BrN5O/c1-20-10-5-8(14)4-9(6-10)17-12-13-16-2-3-19(13)7-11(15)18-12/h2-7H,15H2,1H3,(H,17,18). The Kier molecular flexibility index (Phi) is 3.19. The van der Waals surface area contributed by atoms with Gasteiger partial charge in [0.2, 0.25) is 0 Å². The Morgan fingerprint density at radius 1 is 1.35 bits per heavy atom. The van der Waals surface area contributed by atoms with E-state index in [1.165, 1.54) is 0 Å². The van der Waals surface area contributed by atoms with Crippen molar-refractivity contribution in [3.05, 3.63) is 41.3 Å². The van der Waals surface area contributed by atoms with E-state index in [2.05, 4.69) is 31.2 Å². The van der Waals surface area contributed by atoms with E-state index in [1.54, 1.807) is 19.5 Å². The molecule has 0 saturated heterocycles. The van der Waals surface area contributed by atoms with E-state index in [9.17, 15) is 0 Å². The molecule has 0 aliphatic rings. The van der Waals surface area contributed by atoms with Gasteiger partial charge in [0.05, 0.1) is 13.3 Å². The number of nitrogens with zero attached hydrogens (tertiary/aromatic N) is 3. The highest BCUT2D eigenvalue weighted by atomic mass is 79.9. The first-order valence-corrected chi connectivity index (χ1v) is 6.66. The van der Waals surface area contributed by atoms with Gasteiger partial charge in [0, 0.05) is 28.6 Å². The second kappa shape index (κ2) is 5.01. The van der Waals surface area contributed by atoms with E-state index < -0.39 is 0 Å². The van der Waals surface area contributed by atoms with Gasteiger partial charge in [-0.2, -0.15) is 0 Å². The number of hydrogen-bond acceptors (Lipinski definition) is 5. The lowest BCUT2D eigenvalue weighted by Gasteiger charge is -2.10. The number of halogens is 1. The van der Waals surface area contributed by atoms with Gasteiger partial charge < -0.3 is 20.2 Å². The first kappa shape index (κ1) is 12.7. The molecule has 20 heavy (non-hydrogen) atoms. The summed E-state index contributed by atoms with van der Waals surface area (Å²) < 4.78 is 7.96. The average molecular weight is 334 g/mol. The zero-order chi connectivity index (χ0) is 14.1. The Labute approximate surface area is 123 Å². The Bertz CT molecular complexity index is 771. The minimum Gasteiger partial charge on any atom is -0.497 e. The van der Waals surface area contributed by atoms with Crippen molar-refractivity contribution >= 4 is 38.9 Å². The fourth-order valence-corrected chi connectivity index (χ4v) is 2.40.